The lowest BCUT2D eigenvalue weighted by Gasteiger charge is -2.14. The van der Waals surface area contributed by atoms with Gasteiger partial charge in [0, 0.05) is 6.42 Å². The Morgan fingerprint density at radius 3 is 2.38 bits per heavy atom. The van der Waals surface area contributed by atoms with Gasteiger partial charge in [-0.25, -0.2) is 0 Å². The van der Waals surface area contributed by atoms with Gasteiger partial charge in [0.2, 0.25) is 4.52 Å². The summed E-state index contributed by atoms with van der Waals surface area (Å²) in [4.78, 5) is 0. The molecular formula is C4H8Cl2OSi. The maximum atomic E-state index is 5.53. The summed E-state index contributed by atoms with van der Waals surface area (Å²) in [5.41, 5.74) is 0. The van der Waals surface area contributed by atoms with Gasteiger partial charge in [0.15, 0.2) is 0 Å². The SMILES string of the molecule is C=CCC(Cl)(Cl)O[SiH3]. The molecule has 8 heavy (non-hydrogen) atoms. The Morgan fingerprint density at radius 2 is 2.25 bits per heavy atom. The van der Waals surface area contributed by atoms with Crippen molar-refractivity contribution >= 4 is 33.7 Å². The van der Waals surface area contributed by atoms with Gasteiger partial charge in [-0.3, -0.25) is 0 Å². The average molecular weight is 171 g/mol. The van der Waals surface area contributed by atoms with Gasteiger partial charge in [0.05, 0.1) is 0 Å². The minimum absolute atomic E-state index is 0.472. The van der Waals surface area contributed by atoms with Gasteiger partial charge < -0.3 is 4.43 Å². The molecule has 0 aliphatic rings. The second-order valence-electron chi connectivity index (χ2n) is 1.33. The highest BCUT2D eigenvalue weighted by molar-refractivity contribution is 6.48. The first-order chi connectivity index (χ1) is 3.62. The Hall–Kier alpha value is 0.497. The molecule has 0 radical (unpaired) electrons. The Balaban J connectivity index is 3.53. The van der Waals surface area contributed by atoms with Gasteiger partial charge in [-0.1, -0.05) is 29.3 Å². The molecule has 0 aliphatic heterocycles. The smallest absolute Gasteiger partial charge is 0.211 e. The number of rotatable bonds is 3. The van der Waals surface area contributed by atoms with E-state index in [2.05, 4.69) is 6.58 Å². The van der Waals surface area contributed by atoms with Gasteiger partial charge in [-0.05, 0) is 0 Å². The molecule has 0 aromatic rings. The summed E-state index contributed by atoms with van der Waals surface area (Å²) in [6.07, 6.45) is 2.09. The van der Waals surface area contributed by atoms with Crippen molar-refractivity contribution in [3.8, 4) is 0 Å². The summed E-state index contributed by atoms with van der Waals surface area (Å²) in [6.45, 7) is 3.46. The van der Waals surface area contributed by atoms with Crippen molar-refractivity contribution < 1.29 is 4.43 Å². The summed E-state index contributed by atoms with van der Waals surface area (Å²) >= 11 is 11.1. The van der Waals surface area contributed by atoms with Gasteiger partial charge in [-0.15, -0.1) is 6.58 Å². The van der Waals surface area contributed by atoms with Crippen LogP contribution < -0.4 is 0 Å². The van der Waals surface area contributed by atoms with Crippen LogP contribution in [0.4, 0.5) is 0 Å². The first-order valence-corrected chi connectivity index (χ1v) is 3.73. The molecule has 0 saturated heterocycles. The van der Waals surface area contributed by atoms with Crippen molar-refractivity contribution in [3.63, 3.8) is 0 Å². The first-order valence-electron chi connectivity index (χ1n) is 2.16. The van der Waals surface area contributed by atoms with Crippen LogP contribution in [0.25, 0.3) is 0 Å². The molecule has 0 rings (SSSR count). The monoisotopic (exact) mass is 170 g/mol. The van der Waals surface area contributed by atoms with E-state index < -0.39 is 4.52 Å². The lowest BCUT2D eigenvalue weighted by molar-refractivity contribution is 0.270. The second kappa shape index (κ2) is 3.51. The second-order valence-corrected chi connectivity index (χ2v) is 3.16. The van der Waals surface area contributed by atoms with Gasteiger partial charge >= 0.3 is 0 Å². The highest BCUT2D eigenvalue weighted by atomic mass is 35.5. The third-order valence-electron chi connectivity index (χ3n) is 0.681. The number of halogens is 2. The molecule has 0 atom stereocenters. The van der Waals surface area contributed by atoms with Crippen LogP contribution in [0.1, 0.15) is 6.42 Å². The molecule has 0 aromatic carbocycles. The van der Waals surface area contributed by atoms with Crippen LogP contribution in [-0.2, 0) is 4.43 Å². The van der Waals surface area contributed by atoms with Crippen molar-refractivity contribution in [2.45, 2.75) is 10.9 Å². The molecule has 0 amide bonds. The fourth-order valence-corrected chi connectivity index (χ4v) is 0.636. The van der Waals surface area contributed by atoms with Crippen LogP contribution in [0, 0.1) is 0 Å². The van der Waals surface area contributed by atoms with Crippen molar-refractivity contribution in [3.05, 3.63) is 12.7 Å². The van der Waals surface area contributed by atoms with Crippen LogP contribution in [0.3, 0.4) is 0 Å². The standard InChI is InChI=1S/C4H8Cl2OSi/c1-2-3-4(5,6)7-8/h2H,1,3H2,8H3. The van der Waals surface area contributed by atoms with E-state index in [-0.39, 0.29) is 0 Å². The molecule has 0 bridgehead atoms. The molecule has 0 aromatic heterocycles. The number of hydrogen-bond acceptors (Lipinski definition) is 1. The predicted octanol–water partition coefficient (Wildman–Crippen LogP) is 0.991. The Morgan fingerprint density at radius 1 is 1.75 bits per heavy atom. The van der Waals surface area contributed by atoms with Crippen LogP contribution >= 0.6 is 23.2 Å². The molecule has 0 N–H and O–H groups in total. The minimum Gasteiger partial charge on any atom is -0.398 e. The van der Waals surface area contributed by atoms with E-state index in [1.807, 2.05) is 0 Å². The van der Waals surface area contributed by atoms with E-state index >= 15 is 0 Å². The molecule has 0 heterocycles. The first kappa shape index (κ1) is 8.50. The fraction of sp³-hybridized carbons (Fsp3) is 0.500. The van der Waals surface area contributed by atoms with E-state index in [0.29, 0.717) is 16.9 Å². The molecule has 0 fully saturated rings. The number of alkyl halides is 2. The van der Waals surface area contributed by atoms with E-state index in [9.17, 15) is 0 Å². The largest absolute Gasteiger partial charge is 0.398 e. The maximum absolute atomic E-state index is 5.53. The normalized spacial score (nSPS) is 11.8. The molecule has 1 nitrogen and oxygen atoms in total. The zero-order chi connectivity index (χ0) is 6.62. The van der Waals surface area contributed by atoms with Gasteiger partial charge in [0.25, 0.3) is 0 Å². The molecular weight excluding hydrogens is 163 g/mol. The summed E-state index contributed by atoms with van der Waals surface area (Å²) in [7, 11) is 0.550. The lowest BCUT2D eigenvalue weighted by atomic mass is 10.4. The Kier molecular flexibility index (Phi) is 3.73. The summed E-state index contributed by atoms with van der Waals surface area (Å²) in [6, 6.07) is 0. The zero-order valence-corrected chi connectivity index (χ0v) is 8.17. The quantitative estimate of drug-likeness (QED) is 0.349. The highest BCUT2D eigenvalue weighted by Gasteiger charge is 2.18. The van der Waals surface area contributed by atoms with Gasteiger partial charge in [0.1, 0.15) is 10.5 Å². The van der Waals surface area contributed by atoms with E-state index in [0.717, 1.165) is 0 Å². The summed E-state index contributed by atoms with van der Waals surface area (Å²) < 4.78 is 3.76. The van der Waals surface area contributed by atoms with Crippen LogP contribution in [-0.4, -0.2) is 15.0 Å². The van der Waals surface area contributed by atoms with Crippen molar-refractivity contribution in [1.82, 2.24) is 0 Å². The molecule has 0 aliphatic carbocycles. The van der Waals surface area contributed by atoms with Crippen LogP contribution in [0.15, 0.2) is 12.7 Å². The van der Waals surface area contributed by atoms with Crippen molar-refractivity contribution in [1.29, 1.82) is 0 Å². The Bertz CT molecular complexity index is 84.1. The average Bonchev–Trinajstić information content (AvgIpc) is 1.67. The zero-order valence-electron chi connectivity index (χ0n) is 4.66. The van der Waals surface area contributed by atoms with E-state index in [1.165, 1.54) is 0 Å². The topological polar surface area (TPSA) is 9.23 Å². The lowest BCUT2D eigenvalue weighted by Crippen LogP contribution is -2.14. The van der Waals surface area contributed by atoms with Gasteiger partial charge in [-0.2, -0.15) is 0 Å². The summed E-state index contributed by atoms with van der Waals surface area (Å²) in [5, 5.41) is 0. The molecule has 0 saturated carbocycles. The van der Waals surface area contributed by atoms with E-state index in [4.69, 9.17) is 27.6 Å². The van der Waals surface area contributed by atoms with Crippen LogP contribution in [0.5, 0.6) is 0 Å². The molecule has 0 unspecified atom stereocenters. The third kappa shape index (κ3) is 3.49. The predicted molar refractivity (Wildman–Crippen MR) is 40.3 cm³/mol. The van der Waals surface area contributed by atoms with Crippen molar-refractivity contribution in [2.75, 3.05) is 0 Å². The number of hydrogen-bond donors (Lipinski definition) is 0. The van der Waals surface area contributed by atoms with Crippen molar-refractivity contribution in [2.24, 2.45) is 0 Å². The minimum atomic E-state index is -1.02. The third-order valence-corrected chi connectivity index (χ3v) is 2.51. The van der Waals surface area contributed by atoms with Crippen LogP contribution in [0.2, 0.25) is 0 Å². The molecule has 4 heteroatoms. The highest BCUT2D eigenvalue weighted by Crippen LogP contribution is 2.25. The maximum Gasteiger partial charge on any atom is 0.211 e. The molecule has 0 spiro atoms. The fourth-order valence-electron chi connectivity index (χ4n) is 0.251. The van der Waals surface area contributed by atoms with E-state index in [1.54, 1.807) is 6.08 Å². The summed E-state index contributed by atoms with van der Waals surface area (Å²) in [5.74, 6) is 0. The molecule has 48 valence electrons. The Labute approximate surface area is 62.2 Å².